The van der Waals surface area contributed by atoms with Gasteiger partial charge in [-0.2, -0.15) is 4.31 Å². The molecule has 0 aliphatic carbocycles. The molecule has 4 rings (SSSR count). The SMILES string of the molecule is CC(=O)c1ccc(S(=O)(=O)N2CCN(C(=O)CSc3nnnn3Cc3ccco3)CC2)cc1. The summed E-state index contributed by atoms with van der Waals surface area (Å²) in [5.74, 6) is 0.593. The molecule has 1 aliphatic rings. The summed E-state index contributed by atoms with van der Waals surface area (Å²) in [6.07, 6.45) is 1.57. The van der Waals surface area contributed by atoms with E-state index in [1.807, 2.05) is 6.07 Å². The van der Waals surface area contributed by atoms with Crippen molar-refractivity contribution < 1.29 is 22.4 Å². The molecule has 0 saturated carbocycles. The normalized spacial score (nSPS) is 15.0. The van der Waals surface area contributed by atoms with Gasteiger partial charge in [0.2, 0.25) is 21.1 Å². The number of thioether (sulfide) groups is 1. The number of Topliss-reactive ketones (excluding diaryl/α,β-unsaturated/α-hetero) is 1. The number of aromatic nitrogens is 4. The smallest absolute Gasteiger partial charge is 0.243 e. The second kappa shape index (κ2) is 9.85. The quantitative estimate of drug-likeness (QED) is 0.337. The molecule has 174 valence electrons. The number of hydrogen-bond donors (Lipinski definition) is 0. The standard InChI is InChI=1S/C20H22N6O5S2/c1-15(27)16-4-6-18(7-5-16)33(29,30)25-10-8-24(9-11-25)19(28)14-32-20-21-22-23-26(20)13-17-3-2-12-31-17/h2-7,12H,8-11,13-14H2,1H3. The topological polar surface area (TPSA) is 132 Å². The Morgan fingerprint density at radius 1 is 1.09 bits per heavy atom. The van der Waals surface area contributed by atoms with E-state index >= 15 is 0 Å². The Labute approximate surface area is 194 Å². The van der Waals surface area contributed by atoms with Crippen LogP contribution in [0.25, 0.3) is 0 Å². The molecular weight excluding hydrogens is 468 g/mol. The van der Waals surface area contributed by atoms with Gasteiger partial charge in [-0.15, -0.1) is 5.10 Å². The second-order valence-corrected chi connectivity index (χ2v) is 10.2. The minimum atomic E-state index is -3.69. The zero-order valence-electron chi connectivity index (χ0n) is 17.8. The highest BCUT2D eigenvalue weighted by molar-refractivity contribution is 7.99. The van der Waals surface area contributed by atoms with Crippen molar-refractivity contribution in [2.24, 2.45) is 0 Å². The zero-order valence-corrected chi connectivity index (χ0v) is 19.5. The molecule has 1 fully saturated rings. The molecule has 0 spiro atoms. The number of carbonyl (C=O) groups is 2. The Morgan fingerprint density at radius 2 is 1.82 bits per heavy atom. The summed E-state index contributed by atoms with van der Waals surface area (Å²) in [5.41, 5.74) is 0.456. The molecule has 0 bridgehead atoms. The van der Waals surface area contributed by atoms with E-state index in [-0.39, 0.29) is 35.4 Å². The average molecular weight is 491 g/mol. The summed E-state index contributed by atoms with van der Waals surface area (Å²) in [6, 6.07) is 9.47. The van der Waals surface area contributed by atoms with Crippen LogP contribution in [-0.4, -0.2) is 81.5 Å². The van der Waals surface area contributed by atoms with Gasteiger partial charge in [0.15, 0.2) is 5.78 Å². The number of hydrogen-bond acceptors (Lipinski definition) is 9. The lowest BCUT2D eigenvalue weighted by molar-refractivity contribution is -0.129. The molecule has 0 atom stereocenters. The maximum atomic E-state index is 12.9. The van der Waals surface area contributed by atoms with Crippen LogP contribution in [0.1, 0.15) is 23.0 Å². The van der Waals surface area contributed by atoms with Gasteiger partial charge in [-0.05, 0) is 41.6 Å². The van der Waals surface area contributed by atoms with Crippen LogP contribution in [0.3, 0.4) is 0 Å². The van der Waals surface area contributed by atoms with Crippen LogP contribution >= 0.6 is 11.8 Å². The van der Waals surface area contributed by atoms with E-state index in [0.717, 1.165) is 0 Å². The number of carbonyl (C=O) groups excluding carboxylic acids is 2. The van der Waals surface area contributed by atoms with E-state index in [1.165, 1.54) is 47.3 Å². The zero-order chi connectivity index (χ0) is 23.4. The second-order valence-electron chi connectivity index (χ2n) is 7.35. The number of tetrazole rings is 1. The van der Waals surface area contributed by atoms with Crippen molar-refractivity contribution in [1.82, 2.24) is 29.4 Å². The first-order valence-corrected chi connectivity index (χ1v) is 12.6. The van der Waals surface area contributed by atoms with E-state index in [4.69, 9.17) is 4.42 Å². The Morgan fingerprint density at radius 3 is 2.45 bits per heavy atom. The third-order valence-corrected chi connectivity index (χ3v) is 8.05. The molecule has 0 unspecified atom stereocenters. The number of benzene rings is 1. The van der Waals surface area contributed by atoms with Gasteiger partial charge < -0.3 is 9.32 Å². The molecule has 33 heavy (non-hydrogen) atoms. The number of furan rings is 1. The highest BCUT2D eigenvalue weighted by atomic mass is 32.2. The van der Waals surface area contributed by atoms with Gasteiger partial charge in [0.25, 0.3) is 0 Å². The molecule has 1 saturated heterocycles. The maximum Gasteiger partial charge on any atom is 0.243 e. The lowest BCUT2D eigenvalue weighted by atomic mass is 10.2. The third-order valence-electron chi connectivity index (χ3n) is 5.20. The van der Waals surface area contributed by atoms with Crippen molar-refractivity contribution in [3.8, 4) is 0 Å². The maximum absolute atomic E-state index is 12.9. The molecule has 0 radical (unpaired) electrons. The van der Waals surface area contributed by atoms with Crippen molar-refractivity contribution in [2.75, 3.05) is 31.9 Å². The highest BCUT2D eigenvalue weighted by Gasteiger charge is 2.30. The fraction of sp³-hybridized carbons (Fsp3) is 0.350. The highest BCUT2D eigenvalue weighted by Crippen LogP contribution is 2.20. The predicted molar refractivity (Wildman–Crippen MR) is 118 cm³/mol. The van der Waals surface area contributed by atoms with Crippen molar-refractivity contribution >= 4 is 33.5 Å². The largest absolute Gasteiger partial charge is 0.467 e. The van der Waals surface area contributed by atoms with E-state index in [9.17, 15) is 18.0 Å². The van der Waals surface area contributed by atoms with Crippen LogP contribution in [-0.2, 0) is 21.4 Å². The fourth-order valence-electron chi connectivity index (χ4n) is 3.36. The van der Waals surface area contributed by atoms with Crippen molar-refractivity contribution in [1.29, 1.82) is 0 Å². The molecule has 2 aromatic heterocycles. The molecule has 3 heterocycles. The lowest BCUT2D eigenvalue weighted by Crippen LogP contribution is -2.51. The van der Waals surface area contributed by atoms with Crippen LogP contribution in [0.5, 0.6) is 0 Å². The van der Waals surface area contributed by atoms with Crippen LogP contribution in [0.2, 0.25) is 0 Å². The monoisotopic (exact) mass is 490 g/mol. The summed E-state index contributed by atoms with van der Waals surface area (Å²) in [6.45, 7) is 2.77. The van der Waals surface area contributed by atoms with Gasteiger partial charge in [0.05, 0.1) is 16.9 Å². The van der Waals surface area contributed by atoms with Gasteiger partial charge >= 0.3 is 0 Å². The Hall–Kier alpha value is -3.03. The number of sulfonamides is 1. The number of piperazine rings is 1. The minimum Gasteiger partial charge on any atom is -0.467 e. The van der Waals surface area contributed by atoms with Crippen molar-refractivity contribution in [3.63, 3.8) is 0 Å². The summed E-state index contributed by atoms with van der Waals surface area (Å²) in [4.78, 5) is 25.8. The van der Waals surface area contributed by atoms with E-state index < -0.39 is 10.0 Å². The summed E-state index contributed by atoms with van der Waals surface area (Å²) < 4.78 is 34.0. The molecule has 11 nitrogen and oxygen atoms in total. The number of amides is 1. The van der Waals surface area contributed by atoms with Gasteiger partial charge in [0, 0.05) is 31.7 Å². The van der Waals surface area contributed by atoms with Crippen LogP contribution in [0.15, 0.2) is 57.1 Å². The van der Waals surface area contributed by atoms with Gasteiger partial charge in [0.1, 0.15) is 12.3 Å². The Balaban J connectivity index is 1.30. The summed E-state index contributed by atoms with van der Waals surface area (Å²) >= 11 is 1.22. The molecule has 13 heteroatoms. The average Bonchev–Trinajstić information content (AvgIpc) is 3.50. The number of nitrogens with zero attached hydrogens (tertiary/aromatic N) is 6. The van der Waals surface area contributed by atoms with E-state index in [0.29, 0.717) is 36.1 Å². The van der Waals surface area contributed by atoms with Crippen LogP contribution in [0, 0.1) is 0 Å². The molecule has 1 amide bonds. The summed E-state index contributed by atoms with van der Waals surface area (Å²) in [7, 11) is -3.69. The lowest BCUT2D eigenvalue weighted by Gasteiger charge is -2.34. The Bertz CT molecular complexity index is 1220. The third kappa shape index (κ3) is 5.31. The number of rotatable bonds is 8. The molecule has 1 aliphatic heterocycles. The van der Waals surface area contributed by atoms with Gasteiger partial charge in [-0.3, -0.25) is 9.59 Å². The predicted octanol–water partition coefficient (Wildman–Crippen LogP) is 1.14. The van der Waals surface area contributed by atoms with Gasteiger partial charge in [-0.1, -0.05) is 23.9 Å². The van der Waals surface area contributed by atoms with Gasteiger partial charge in [-0.25, -0.2) is 13.1 Å². The fourth-order valence-corrected chi connectivity index (χ4v) is 5.56. The van der Waals surface area contributed by atoms with Crippen molar-refractivity contribution in [2.45, 2.75) is 23.5 Å². The first kappa shape index (κ1) is 23.1. The van der Waals surface area contributed by atoms with Crippen molar-refractivity contribution in [3.05, 3.63) is 54.0 Å². The number of ketones is 1. The van der Waals surface area contributed by atoms with E-state index in [1.54, 1.807) is 21.9 Å². The first-order valence-electron chi connectivity index (χ1n) is 10.1. The van der Waals surface area contributed by atoms with Crippen LogP contribution in [0.4, 0.5) is 0 Å². The Kier molecular flexibility index (Phi) is 6.91. The summed E-state index contributed by atoms with van der Waals surface area (Å²) in [5, 5.41) is 12.0. The van der Waals surface area contributed by atoms with E-state index in [2.05, 4.69) is 15.5 Å². The molecule has 1 aromatic carbocycles. The van der Waals surface area contributed by atoms with Crippen LogP contribution < -0.4 is 0 Å². The molecular formula is C20H22N6O5S2. The molecule has 3 aromatic rings. The minimum absolute atomic E-state index is 0.115. The molecule has 0 N–H and O–H groups in total. The first-order chi connectivity index (χ1) is 15.8.